The van der Waals surface area contributed by atoms with Crippen molar-refractivity contribution in [2.75, 3.05) is 31.5 Å². The van der Waals surface area contributed by atoms with Gasteiger partial charge in [-0.15, -0.1) is 0 Å². The first kappa shape index (κ1) is 21.0. The van der Waals surface area contributed by atoms with Crippen molar-refractivity contribution in [3.8, 4) is 11.4 Å². The molecule has 8 nitrogen and oxygen atoms in total. The molecule has 0 amide bonds. The number of fused-ring (bicyclic) bond motifs is 3. The summed E-state index contributed by atoms with van der Waals surface area (Å²) in [4.78, 5) is 21.5. The fourth-order valence-corrected chi connectivity index (χ4v) is 4.70. The van der Waals surface area contributed by atoms with E-state index in [-0.39, 0.29) is 0 Å². The Hall–Kier alpha value is -2.84. The molecule has 8 heteroatoms. The highest BCUT2D eigenvalue weighted by molar-refractivity contribution is 5.67. The third kappa shape index (κ3) is 4.12. The van der Waals surface area contributed by atoms with Crippen LogP contribution in [0.25, 0.3) is 11.4 Å². The fraction of sp³-hybridized carbons (Fsp3) is 0.500. The largest absolute Gasteiger partial charge is 0.324 e. The van der Waals surface area contributed by atoms with Crippen LogP contribution in [0.5, 0.6) is 0 Å². The van der Waals surface area contributed by atoms with Gasteiger partial charge in [0.2, 0.25) is 5.95 Å². The zero-order valence-corrected chi connectivity index (χ0v) is 19.2. The lowest BCUT2D eigenvalue weighted by atomic mass is 9.97. The van der Waals surface area contributed by atoms with Crippen LogP contribution >= 0.6 is 0 Å². The second-order valence-corrected chi connectivity index (χ2v) is 8.91. The molecule has 5 rings (SSSR count). The molecule has 168 valence electrons. The SMILES string of the molecule is CCc1nc2c(n1C(C)C)-c1nc(Nc3ccc(CN4CCNCC4)cn3)ncc1CC2. The molecule has 2 N–H and O–H groups in total. The van der Waals surface area contributed by atoms with E-state index in [4.69, 9.17) is 9.97 Å². The number of pyridine rings is 1. The third-order valence-corrected chi connectivity index (χ3v) is 6.29. The fourth-order valence-electron chi connectivity index (χ4n) is 4.70. The summed E-state index contributed by atoms with van der Waals surface area (Å²) in [6, 6.07) is 4.48. The van der Waals surface area contributed by atoms with E-state index >= 15 is 0 Å². The summed E-state index contributed by atoms with van der Waals surface area (Å²) in [6.45, 7) is 11.8. The lowest BCUT2D eigenvalue weighted by Crippen LogP contribution is -2.42. The van der Waals surface area contributed by atoms with Crippen LogP contribution < -0.4 is 10.6 Å². The van der Waals surface area contributed by atoms with Gasteiger partial charge in [0.15, 0.2) is 0 Å². The predicted molar refractivity (Wildman–Crippen MR) is 126 cm³/mol. The lowest BCUT2D eigenvalue weighted by molar-refractivity contribution is 0.233. The van der Waals surface area contributed by atoms with Crippen molar-refractivity contribution in [2.24, 2.45) is 0 Å². The first-order valence-electron chi connectivity index (χ1n) is 11.7. The summed E-state index contributed by atoms with van der Waals surface area (Å²) in [7, 11) is 0. The molecule has 0 unspecified atom stereocenters. The van der Waals surface area contributed by atoms with Crippen molar-refractivity contribution in [3.05, 3.63) is 47.2 Å². The molecule has 32 heavy (non-hydrogen) atoms. The van der Waals surface area contributed by atoms with E-state index in [1.54, 1.807) is 0 Å². The molecule has 3 aromatic heterocycles. The van der Waals surface area contributed by atoms with Gasteiger partial charge in [-0.2, -0.15) is 0 Å². The summed E-state index contributed by atoms with van der Waals surface area (Å²) in [6.07, 6.45) is 6.69. The van der Waals surface area contributed by atoms with E-state index in [1.165, 1.54) is 11.1 Å². The Kier molecular flexibility index (Phi) is 5.89. The number of nitrogens with one attached hydrogen (secondary N) is 2. The topological polar surface area (TPSA) is 83.8 Å². The van der Waals surface area contributed by atoms with Crippen LogP contribution in [0.2, 0.25) is 0 Å². The summed E-state index contributed by atoms with van der Waals surface area (Å²) in [5.41, 5.74) is 5.72. The molecule has 1 aliphatic heterocycles. The Bertz CT molecular complexity index is 1080. The van der Waals surface area contributed by atoms with Crippen molar-refractivity contribution in [2.45, 2.75) is 52.6 Å². The maximum Gasteiger partial charge on any atom is 0.228 e. The van der Waals surface area contributed by atoms with Gasteiger partial charge in [0.1, 0.15) is 11.6 Å². The van der Waals surface area contributed by atoms with E-state index in [1.807, 2.05) is 18.5 Å². The molecule has 0 saturated carbocycles. The van der Waals surface area contributed by atoms with Crippen LogP contribution in [0.1, 0.15) is 49.5 Å². The van der Waals surface area contributed by atoms with Crippen molar-refractivity contribution < 1.29 is 0 Å². The molecule has 0 aromatic carbocycles. The molecule has 4 heterocycles. The van der Waals surface area contributed by atoms with Gasteiger partial charge in [-0.25, -0.2) is 19.9 Å². The number of aryl methyl sites for hydroxylation is 3. The minimum Gasteiger partial charge on any atom is -0.324 e. The number of nitrogens with zero attached hydrogens (tertiary/aromatic N) is 6. The summed E-state index contributed by atoms with van der Waals surface area (Å²) in [5.74, 6) is 2.47. The van der Waals surface area contributed by atoms with Crippen molar-refractivity contribution in [1.29, 1.82) is 0 Å². The summed E-state index contributed by atoms with van der Waals surface area (Å²) >= 11 is 0. The van der Waals surface area contributed by atoms with Gasteiger partial charge in [0.05, 0.1) is 17.1 Å². The third-order valence-electron chi connectivity index (χ3n) is 6.29. The highest BCUT2D eigenvalue weighted by Gasteiger charge is 2.27. The monoisotopic (exact) mass is 432 g/mol. The molecule has 2 aliphatic rings. The number of aromatic nitrogens is 5. The Balaban J connectivity index is 1.37. The average molecular weight is 433 g/mol. The predicted octanol–water partition coefficient (Wildman–Crippen LogP) is 3.13. The maximum atomic E-state index is 4.92. The Morgan fingerprint density at radius 2 is 1.91 bits per heavy atom. The van der Waals surface area contributed by atoms with Crippen molar-refractivity contribution in [1.82, 2.24) is 34.7 Å². The van der Waals surface area contributed by atoms with Crippen LogP contribution in [0, 0.1) is 0 Å². The van der Waals surface area contributed by atoms with Gasteiger partial charge < -0.3 is 15.2 Å². The summed E-state index contributed by atoms with van der Waals surface area (Å²) in [5, 5.41) is 6.69. The number of hydrogen-bond acceptors (Lipinski definition) is 7. The van der Waals surface area contributed by atoms with Gasteiger partial charge in [-0.1, -0.05) is 13.0 Å². The standard InChI is InChI=1S/C24H32N8/c1-4-21-28-19-7-6-18-14-27-24(30-22(18)23(19)32(21)16(2)3)29-20-8-5-17(13-26-20)15-31-11-9-25-10-12-31/h5,8,13-14,16,25H,4,6-7,9-12,15H2,1-3H3,(H,26,27,29,30). The van der Waals surface area contributed by atoms with Crippen molar-refractivity contribution >= 4 is 11.8 Å². The van der Waals surface area contributed by atoms with Gasteiger partial charge in [-0.05, 0) is 43.9 Å². The highest BCUT2D eigenvalue weighted by Crippen LogP contribution is 2.35. The number of piperazine rings is 1. The zero-order valence-electron chi connectivity index (χ0n) is 19.2. The van der Waals surface area contributed by atoms with Gasteiger partial charge in [0, 0.05) is 57.6 Å². The molecule has 0 atom stereocenters. The number of rotatable bonds is 6. The second-order valence-electron chi connectivity index (χ2n) is 8.91. The molecule has 1 saturated heterocycles. The van der Waals surface area contributed by atoms with Crippen LogP contribution in [0.4, 0.5) is 11.8 Å². The molecule has 0 radical (unpaired) electrons. The maximum absolute atomic E-state index is 4.92. The molecule has 0 spiro atoms. The van der Waals surface area contributed by atoms with Crippen LogP contribution in [0.15, 0.2) is 24.5 Å². The number of imidazole rings is 1. The zero-order chi connectivity index (χ0) is 22.1. The Labute approximate surface area is 189 Å². The first-order chi connectivity index (χ1) is 15.6. The molecule has 1 aliphatic carbocycles. The van der Waals surface area contributed by atoms with Gasteiger partial charge in [-0.3, -0.25) is 4.90 Å². The quantitative estimate of drug-likeness (QED) is 0.619. The lowest BCUT2D eigenvalue weighted by Gasteiger charge is -2.27. The first-order valence-corrected chi connectivity index (χ1v) is 11.7. The minimum absolute atomic E-state index is 0.337. The molecular weight excluding hydrogens is 400 g/mol. The number of anilines is 2. The molecular formula is C24H32N8. The molecule has 0 bridgehead atoms. The Morgan fingerprint density at radius 3 is 2.62 bits per heavy atom. The van der Waals surface area contributed by atoms with Gasteiger partial charge >= 0.3 is 0 Å². The van der Waals surface area contributed by atoms with E-state index in [9.17, 15) is 0 Å². The van der Waals surface area contributed by atoms with E-state index in [0.717, 1.165) is 80.7 Å². The smallest absolute Gasteiger partial charge is 0.228 e. The van der Waals surface area contributed by atoms with Crippen LogP contribution in [0.3, 0.4) is 0 Å². The highest BCUT2D eigenvalue weighted by atomic mass is 15.2. The molecule has 1 fully saturated rings. The second kappa shape index (κ2) is 8.96. The van der Waals surface area contributed by atoms with Gasteiger partial charge in [0.25, 0.3) is 0 Å². The van der Waals surface area contributed by atoms with Crippen molar-refractivity contribution in [3.63, 3.8) is 0 Å². The van der Waals surface area contributed by atoms with Crippen LogP contribution in [-0.2, 0) is 25.8 Å². The molecule has 3 aromatic rings. The minimum atomic E-state index is 0.337. The Morgan fingerprint density at radius 1 is 1.06 bits per heavy atom. The summed E-state index contributed by atoms with van der Waals surface area (Å²) < 4.78 is 2.34. The van der Waals surface area contributed by atoms with Crippen LogP contribution in [-0.4, -0.2) is 55.6 Å². The normalized spacial score (nSPS) is 16.1. The van der Waals surface area contributed by atoms with E-state index in [2.05, 4.69) is 56.9 Å². The number of hydrogen-bond donors (Lipinski definition) is 2. The average Bonchev–Trinajstić information content (AvgIpc) is 3.21. The van der Waals surface area contributed by atoms with E-state index in [0.29, 0.717) is 12.0 Å². The van der Waals surface area contributed by atoms with E-state index < -0.39 is 0 Å².